The van der Waals surface area contributed by atoms with Crippen molar-refractivity contribution < 1.29 is 14.3 Å². The van der Waals surface area contributed by atoms with E-state index in [1.165, 1.54) is 18.5 Å². The summed E-state index contributed by atoms with van der Waals surface area (Å²) in [5.41, 5.74) is 1.59. The molecular weight excluding hydrogens is 387 g/mol. The van der Waals surface area contributed by atoms with Crippen molar-refractivity contribution in [2.24, 2.45) is 5.92 Å². The molecule has 1 aliphatic rings. The van der Waals surface area contributed by atoms with Gasteiger partial charge in [0.2, 0.25) is 0 Å². The van der Waals surface area contributed by atoms with Gasteiger partial charge in [0.1, 0.15) is 17.2 Å². The number of aromatic nitrogens is 4. The first-order valence-corrected chi connectivity index (χ1v) is 10.1. The van der Waals surface area contributed by atoms with Crippen LogP contribution in [0.5, 0.6) is 0 Å². The van der Waals surface area contributed by atoms with E-state index in [0.717, 1.165) is 24.9 Å². The van der Waals surface area contributed by atoms with Crippen molar-refractivity contribution in [1.29, 1.82) is 0 Å². The van der Waals surface area contributed by atoms with Crippen molar-refractivity contribution in [3.05, 3.63) is 53.9 Å². The standard InChI is InChI=1S/C21H25FN6O2/c1-13(2)17(12-29)25-21(30)16-11-24-28-7-5-19(26-20(16)28)27-6-3-4-18(27)14-8-15(22)10-23-9-14/h5,7-11,13,17-18,29H,3-4,6,12H2,1-2H3,(H,25,30). The summed E-state index contributed by atoms with van der Waals surface area (Å²) in [6, 6.07) is 2.98. The van der Waals surface area contributed by atoms with E-state index in [0.29, 0.717) is 17.0 Å². The molecule has 8 nitrogen and oxygen atoms in total. The fourth-order valence-electron chi connectivity index (χ4n) is 3.85. The van der Waals surface area contributed by atoms with Gasteiger partial charge in [0, 0.05) is 18.9 Å². The van der Waals surface area contributed by atoms with Gasteiger partial charge in [-0.2, -0.15) is 5.10 Å². The fraction of sp³-hybridized carbons (Fsp3) is 0.429. The van der Waals surface area contributed by atoms with Crippen LogP contribution < -0.4 is 10.2 Å². The Kier molecular flexibility index (Phi) is 5.63. The summed E-state index contributed by atoms with van der Waals surface area (Å²) in [4.78, 5) is 23.6. The Morgan fingerprint density at radius 2 is 2.20 bits per heavy atom. The van der Waals surface area contributed by atoms with Gasteiger partial charge in [-0.05, 0) is 36.5 Å². The Morgan fingerprint density at radius 1 is 1.37 bits per heavy atom. The lowest BCUT2D eigenvalue weighted by atomic mass is 10.1. The summed E-state index contributed by atoms with van der Waals surface area (Å²) in [5.74, 6) is 0.108. The number of rotatable bonds is 6. The molecule has 1 saturated heterocycles. The van der Waals surface area contributed by atoms with Gasteiger partial charge in [-0.25, -0.2) is 13.9 Å². The molecule has 1 fully saturated rings. The molecule has 4 heterocycles. The van der Waals surface area contributed by atoms with Gasteiger partial charge in [-0.3, -0.25) is 9.78 Å². The molecule has 30 heavy (non-hydrogen) atoms. The third-order valence-electron chi connectivity index (χ3n) is 5.57. The molecule has 0 saturated carbocycles. The summed E-state index contributed by atoms with van der Waals surface area (Å²) < 4.78 is 15.2. The highest BCUT2D eigenvalue weighted by Gasteiger charge is 2.28. The van der Waals surface area contributed by atoms with Gasteiger partial charge in [0.15, 0.2) is 5.65 Å². The first kappa shape index (κ1) is 20.2. The van der Waals surface area contributed by atoms with Gasteiger partial charge >= 0.3 is 0 Å². The quantitative estimate of drug-likeness (QED) is 0.645. The lowest BCUT2D eigenvalue weighted by Gasteiger charge is -2.26. The second-order valence-corrected chi connectivity index (χ2v) is 7.91. The number of carbonyl (C=O) groups is 1. The number of fused-ring (bicyclic) bond motifs is 1. The van der Waals surface area contributed by atoms with Gasteiger partial charge in [0.05, 0.1) is 31.1 Å². The van der Waals surface area contributed by atoms with Crippen LogP contribution in [0.1, 0.15) is 48.7 Å². The van der Waals surface area contributed by atoms with E-state index in [1.54, 1.807) is 16.9 Å². The summed E-state index contributed by atoms with van der Waals surface area (Å²) >= 11 is 0. The van der Waals surface area contributed by atoms with Crippen LogP contribution in [0.4, 0.5) is 10.2 Å². The molecule has 4 rings (SSSR count). The van der Waals surface area contributed by atoms with Crippen molar-refractivity contribution in [2.45, 2.75) is 38.8 Å². The number of nitrogens with one attached hydrogen (secondary N) is 1. The predicted octanol–water partition coefficient (Wildman–Crippen LogP) is 2.35. The zero-order valence-electron chi connectivity index (χ0n) is 17.0. The maximum Gasteiger partial charge on any atom is 0.257 e. The van der Waals surface area contributed by atoms with Gasteiger partial charge in [-0.1, -0.05) is 13.8 Å². The smallest absolute Gasteiger partial charge is 0.257 e. The number of pyridine rings is 1. The van der Waals surface area contributed by atoms with Crippen LogP contribution in [-0.4, -0.2) is 49.8 Å². The fourth-order valence-corrected chi connectivity index (χ4v) is 3.85. The van der Waals surface area contributed by atoms with Crippen LogP contribution in [0.15, 0.2) is 36.9 Å². The Hall–Kier alpha value is -3.07. The van der Waals surface area contributed by atoms with Crippen molar-refractivity contribution in [3.8, 4) is 0 Å². The molecule has 1 amide bonds. The van der Waals surface area contributed by atoms with E-state index < -0.39 is 0 Å². The van der Waals surface area contributed by atoms with Gasteiger partial charge < -0.3 is 15.3 Å². The summed E-state index contributed by atoms with van der Waals surface area (Å²) in [6.45, 7) is 4.50. The molecule has 2 unspecified atom stereocenters. The van der Waals surface area contributed by atoms with Crippen LogP contribution in [0.2, 0.25) is 0 Å². The van der Waals surface area contributed by atoms with Crippen molar-refractivity contribution in [3.63, 3.8) is 0 Å². The van der Waals surface area contributed by atoms with Crippen molar-refractivity contribution in [2.75, 3.05) is 18.1 Å². The number of aliphatic hydroxyl groups is 1. The highest BCUT2D eigenvalue weighted by atomic mass is 19.1. The normalized spacial score (nSPS) is 17.6. The van der Waals surface area contributed by atoms with Crippen LogP contribution >= 0.6 is 0 Å². The number of amides is 1. The SMILES string of the molecule is CC(C)C(CO)NC(=O)c1cnn2ccc(N3CCCC3c3cncc(F)c3)nc12. The number of halogens is 1. The Balaban J connectivity index is 1.64. The van der Waals surface area contributed by atoms with Crippen LogP contribution in [0.25, 0.3) is 5.65 Å². The van der Waals surface area contributed by atoms with E-state index in [-0.39, 0.29) is 36.3 Å². The summed E-state index contributed by atoms with van der Waals surface area (Å²) in [5, 5.41) is 16.6. The molecule has 2 atom stereocenters. The molecule has 3 aromatic heterocycles. The topological polar surface area (TPSA) is 95.6 Å². The van der Waals surface area contributed by atoms with Crippen LogP contribution in [0.3, 0.4) is 0 Å². The monoisotopic (exact) mass is 412 g/mol. The number of hydrogen-bond donors (Lipinski definition) is 2. The molecule has 2 N–H and O–H groups in total. The number of carbonyl (C=O) groups excluding carboxylic acids is 1. The zero-order valence-corrected chi connectivity index (χ0v) is 17.0. The van der Waals surface area contributed by atoms with Gasteiger partial charge in [-0.15, -0.1) is 0 Å². The highest BCUT2D eigenvalue weighted by molar-refractivity contribution is 6.00. The van der Waals surface area contributed by atoms with Gasteiger partial charge in [0.25, 0.3) is 5.91 Å². The summed E-state index contributed by atoms with van der Waals surface area (Å²) in [6.07, 6.45) is 7.95. The Labute approximate surface area is 173 Å². The minimum atomic E-state index is -0.360. The maximum absolute atomic E-state index is 13.7. The van der Waals surface area contributed by atoms with E-state index >= 15 is 0 Å². The first-order chi connectivity index (χ1) is 14.5. The number of anilines is 1. The van der Waals surface area contributed by atoms with Crippen molar-refractivity contribution in [1.82, 2.24) is 24.9 Å². The predicted molar refractivity (Wildman–Crippen MR) is 110 cm³/mol. The third-order valence-corrected chi connectivity index (χ3v) is 5.57. The lowest BCUT2D eigenvalue weighted by Crippen LogP contribution is -2.41. The van der Waals surface area contributed by atoms with Crippen LogP contribution in [-0.2, 0) is 0 Å². The number of hydrogen-bond acceptors (Lipinski definition) is 6. The Morgan fingerprint density at radius 3 is 2.93 bits per heavy atom. The third kappa shape index (κ3) is 3.85. The molecular formula is C21H25FN6O2. The largest absolute Gasteiger partial charge is 0.394 e. The van der Waals surface area contributed by atoms with E-state index in [9.17, 15) is 14.3 Å². The average Bonchev–Trinajstić information content (AvgIpc) is 3.38. The minimum Gasteiger partial charge on any atom is -0.394 e. The number of aliphatic hydroxyl groups excluding tert-OH is 1. The maximum atomic E-state index is 13.7. The molecule has 0 spiro atoms. The molecule has 9 heteroatoms. The second kappa shape index (κ2) is 8.35. The molecule has 1 aliphatic heterocycles. The average molecular weight is 412 g/mol. The van der Waals surface area contributed by atoms with Crippen LogP contribution in [0, 0.1) is 11.7 Å². The molecule has 158 valence electrons. The zero-order chi connectivity index (χ0) is 21.3. The first-order valence-electron chi connectivity index (χ1n) is 10.1. The second-order valence-electron chi connectivity index (χ2n) is 7.91. The molecule has 0 bridgehead atoms. The molecule has 0 aromatic carbocycles. The summed E-state index contributed by atoms with van der Waals surface area (Å²) in [7, 11) is 0. The molecule has 3 aromatic rings. The Bertz CT molecular complexity index is 1050. The lowest BCUT2D eigenvalue weighted by molar-refractivity contribution is 0.0898. The minimum absolute atomic E-state index is 0.0249. The van der Waals surface area contributed by atoms with E-state index in [4.69, 9.17) is 4.98 Å². The molecule has 0 aliphatic carbocycles. The van der Waals surface area contributed by atoms with E-state index in [2.05, 4.69) is 20.3 Å². The van der Waals surface area contributed by atoms with E-state index in [1.807, 2.05) is 19.9 Å². The van der Waals surface area contributed by atoms with Crippen molar-refractivity contribution >= 4 is 17.4 Å². The highest BCUT2D eigenvalue weighted by Crippen LogP contribution is 2.35. The molecule has 0 radical (unpaired) electrons. The number of nitrogens with zero attached hydrogens (tertiary/aromatic N) is 5.